The molecule has 1 amide bonds. The zero-order chi connectivity index (χ0) is 19.4. The van der Waals surface area contributed by atoms with Gasteiger partial charge < -0.3 is 14.4 Å². The van der Waals surface area contributed by atoms with Crippen LogP contribution in [-0.4, -0.2) is 45.3 Å². The molecule has 0 saturated carbocycles. The third kappa shape index (κ3) is 5.09. The van der Waals surface area contributed by atoms with E-state index in [-0.39, 0.29) is 17.8 Å². The van der Waals surface area contributed by atoms with Gasteiger partial charge >= 0.3 is 6.09 Å². The summed E-state index contributed by atoms with van der Waals surface area (Å²) in [5, 5.41) is 0. The van der Waals surface area contributed by atoms with Crippen LogP contribution in [0.1, 0.15) is 33.6 Å². The summed E-state index contributed by atoms with van der Waals surface area (Å²) in [6, 6.07) is 6.85. The van der Waals surface area contributed by atoms with E-state index in [0.29, 0.717) is 37.4 Å². The van der Waals surface area contributed by atoms with E-state index in [4.69, 9.17) is 9.47 Å². The number of hydrogen-bond acceptors (Lipinski definition) is 5. The molecule has 0 N–H and O–H groups in total. The molecule has 3 rings (SSSR count). The van der Waals surface area contributed by atoms with Crippen LogP contribution in [-0.2, 0) is 4.74 Å². The van der Waals surface area contributed by atoms with Crippen molar-refractivity contribution >= 4 is 6.09 Å². The molecule has 0 bridgehead atoms. The van der Waals surface area contributed by atoms with Crippen molar-refractivity contribution in [1.29, 1.82) is 0 Å². The second kappa shape index (κ2) is 7.82. The van der Waals surface area contributed by atoms with E-state index in [1.807, 2.05) is 26.8 Å². The average molecular weight is 371 g/mol. The number of piperidine rings is 1. The Kier molecular flexibility index (Phi) is 5.48. The molecule has 7 nitrogen and oxygen atoms in total. The van der Waals surface area contributed by atoms with Gasteiger partial charge in [-0.25, -0.2) is 4.79 Å². The molecular formula is C20H25N3O4. The van der Waals surface area contributed by atoms with Crippen molar-refractivity contribution in [3.63, 3.8) is 0 Å². The highest BCUT2D eigenvalue weighted by atomic mass is 16.6. The number of pyridine rings is 2. The molecule has 0 spiro atoms. The molecule has 2 aromatic rings. The van der Waals surface area contributed by atoms with Gasteiger partial charge in [-0.3, -0.25) is 14.3 Å². The highest BCUT2D eigenvalue weighted by Crippen LogP contribution is 2.20. The monoisotopic (exact) mass is 371 g/mol. The number of carbonyl (C=O) groups excluding carboxylic acids is 1. The summed E-state index contributed by atoms with van der Waals surface area (Å²) in [4.78, 5) is 30.2. The minimum Gasteiger partial charge on any atom is -0.490 e. The predicted molar refractivity (Wildman–Crippen MR) is 101 cm³/mol. The molecule has 0 unspecified atom stereocenters. The fourth-order valence-corrected chi connectivity index (χ4v) is 2.92. The van der Waals surface area contributed by atoms with Crippen molar-refractivity contribution < 1.29 is 14.3 Å². The summed E-state index contributed by atoms with van der Waals surface area (Å²) in [7, 11) is 0. The molecule has 27 heavy (non-hydrogen) atoms. The molecule has 0 atom stereocenters. The van der Waals surface area contributed by atoms with Crippen molar-refractivity contribution in [3.05, 3.63) is 53.2 Å². The Bertz CT molecular complexity index is 834. The Hall–Kier alpha value is -2.83. The van der Waals surface area contributed by atoms with Gasteiger partial charge in [0.1, 0.15) is 17.5 Å². The van der Waals surface area contributed by atoms with Gasteiger partial charge in [-0.1, -0.05) is 0 Å². The molecule has 2 aromatic heterocycles. The van der Waals surface area contributed by atoms with Gasteiger partial charge in [-0.15, -0.1) is 0 Å². The van der Waals surface area contributed by atoms with Crippen LogP contribution in [0.15, 0.2) is 47.7 Å². The van der Waals surface area contributed by atoms with Crippen LogP contribution < -0.4 is 10.3 Å². The summed E-state index contributed by atoms with van der Waals surface area (Å²) < 4.78 is 12.9. The van der Waals surface area contributed by atoms with Crippen molar-refractivity contribution in [2.24, 2.45) is 0 Å². The Balaban J connectivity index is 1.57. The van der Waals surface area contributed by atoms with Crippen molar-refractivity contribution in [2.45, 2.75) is 45.3 Å². The topological polar surface area (TPSA) is 73.7 Å². The molecule has 1 aliphatic rings. The summed E-state index contributed by atoms with van der Waals surface area (Å²) in [5.74, 6) is 0.538. The van der Waals surface area contributed by atoms with E-state index >= 15 is 0 Å². The average Bonchev–Trinajstić information content (AvgIpc) is 2.62. The maximum Gasteiger partial charge on any atom is 0.410 e. The van der Waals surface area contributed by atoms with Crippen LogP contribution in [0.2, 0.25) is 0 Å². The van der Waals surface area contributed by atoms with Crippen molar-refractivity contribution in [3.8, 4) is 11.4 Å². The van der Waals surface area contributed by atoms with Crippen LogP contribution in [0.25, 0.3) is 5.69 Å². The number of nitrogens with zero attached hydrogens (tertiary/aromatic N) is 3. The number of amides is 1. The molecule has 1 fully saturated rings. The maximum absolute atomic E-state index is 12.3. The van der Waals surface area contributed by atoms with Gasteiger partial charge in [0, 0.05) is 44.4 Å². The first-order chi connectivity index (χ1) is 12.8. The molecule has 1 aliphatic heterocycles. The van der Waals surface area contributed by atoms with E-state index in [1.165, 1.54) is 10.6 Å². The highest BCUT2D eigenvalue weighted by Gasteiger charge is 2.27. The predicted octanol–water partition coefficient (Wildman–Crippen LogP) is 3.01. The molecule has 0 aromatic carbocycles. The third-order valence-electron chi connectivity index (χ3n) is 4.21. The van der Waals surface area contributed by atoms with E-state index < -0.39 is 5.60 Å². The fraction of sp³-hybridized carbons (Fsp3) is 0.450. The first-order valence-electron chi connectivity index (χ1n) is 9.09. The summed E-state index contributed by atoms with van der Waals surface area (Å²) in [6.07, 6.45) is 6.06. The lowest BCUT2D eigenvalue weighted by molar-refractivity contribution is 0.0126. The van der Waals surface area contributed by atoms with E-state index in [9.17, 15) is 9.59 Å². The van der Waals surface area contributed by atoms with Gasteiger partial charge in [0.15, 0.2) is 0 Å². The molecule has 1 saturated heterocycles. The number of hydrogen-bond donors (Lipinski definition) is 0. The smallest absolute Gasteiger partial charge is 0.410 e. The third-order valence-corrected chi connectivity index (χ3v) is 4.21. The lowest BCUT2D eigenvalue weighted by Gasteiger charge is -2.33. The van der Waals surface area contributed by atoms with E-state index in [1.54, 1.807) is 35.6 Å². The normalized spacial score (nSPS) is 15.4. The molecule has 0 radical (unpaired) electrons. The number of likely N-dealkylation sites (tertiary alicyclic amines) is 1. The Morgan fingerprint density at radius 2 is 1.96 bits per heavy atom. The molecule has 0 aliphatic carbocycles. The zero-order valence-corrected chi connectivity index (χ0v) is 15.9. The van der Waals surface area contributed by atoms with Gasteiger partial charge in [0.2, 0.25) is 0 Å². The molecule has 144 valence electrons. The zero-order valence-electron chi connectivity index (χ0n) is 15.9. The Labute approximate surface area is 158 Å². The molecule has 7 heteroatoms. The Morgan fingerprint density at radius 1 is 1.22 bits per heavy atom. The van der Waals surface area contributed by atoms with Gasteiger partial charge in [-0.2, -0.15) is 0 Å². The van der Waals surface area contributed by atoms with E-state index in [2.05, 4.69) is 4.98 Å². The van der Waals surface area contributed by atoms with Crippen molar-refractivity contribution in [2.75, 3.05) is 13.1 Å². The number of aromatic nitrogens is 2. The van der Waals surface area contributed by atoms with Crippen LogP contribution in [0.5, 0.6) is 5.75 Å². The summed E-state index contributed by atoms with van der Waals surface area (Å²) in [5.41, 5.74) is 0.0363. The van der Waals surface area contributed by atoms with Crippen LogP contribution >= 0.6 is 0 Å². The second-order valence-electron chi connectivity index (χ2n) is 7.57. The lowest BCUT2D eigenvalue weighted by atomic mass is 10.1. The first kappa shape index (κ1) is 18.9. The van der Waals surface area contributed by atoms with E-state index in [0.717, 1.165) is 0 Å². The Morgan fingerprint density at radius 3 is 2.56 bits per heavy atom. The largest absolute Gasteiger partial charge is 0.490 e. The fourth-order valence-electron chi connectivity index (χ4n) is 2.92. The summed E-state index contributed by atoms with van der Waals surface area (Å²) >= 11 is 0. The number of carbonyl (C=O) groups is 1. The molecular weight excluding hydrogens is 346 g/mol. The minimum atomic E-state index is -0.497. The van der Waals surface area contributed by atoms with Crippen LogP contribution in [0.3, 0.4) is 0 Å². The maximum atomic E-state index is 12.3. The second-order valence-corrected chi connectivity index (χ2v) is 7.57. The molecule has 3 heterocycles. The highest BCUT2D eigenvalue weighted by molar-refractivity contribution is 5.68. The van der Waals surface area contributed by atoms with Gasteiger partial charge in [-0.05, 0) is 39.0 Å². The quantitative estimate of drug-likeness (QED) is 0.829. The van der Waals surface area contributed by atoms with Gasteiger partial charge in [0.25, 0.3) is 5.56 Å². The standard InChI is InChI=1S/C20H25N3O4/c1-20(2,3)27-19(25)22-10-6-16(7-11-22)26-17-8-12-23(18(24)13-17)15-5-4-9-21-14-15/h4-5,8-9,12-14,16H,6-7,10-11H2,1-3H3. The SMILES string of the molecule is CC(C)(C)OC(=O)N1CCC(Oc2ccn(-c3cccnc3)c(=O)c2)CC1. The van der Waals surface area contributed by atoms with Crippen molar-refractivity contribution in [1.82, 2.24) is 14.5 Å². The number of ether oxygens (including phenoxy) is 2. The minimum absolute atomic E-state index is 0.0303. The number of rotatable bonds is 3. The van der Waals surface area contributed by atoms with Gasteiger partial charge in [0.05, 0.1) is 11.9 Å². The summed E-state index contributed by atoms with van der Waals surface area (Å²) in [6.45, 7) is 6.72. The first-order valence-corrected chi connectivity index (χ1v) is 9.09. The van der Waals surface area contributed by atoms with Crippen LogP contribution in [0, 0.1) is 0 Å². The van der Waals surface area contributed by atoms with Crippen LogP contribution in [0.4, 0.5) is 4.79 Å². The lowest BCUT2D eigenvalue weighted by Crippen LogP contribution is -2.44.